The van der Waals surface area contributed by atoms with Crippen molar-refractivity contribution in [1.82, 2.24) is 4.57 Å². The Morgan fingerprint density at radius 2 is 1.86 bits per heavy atom. The lowest BCUT2D eigenvalue weighted by atomic mass is 10.0. The van der Waals surface area contributed by atoms with Crippen LogP contribution in [0.15, 0.2) is 72.6 Å². The third kappa shape index (κ3) is 4.19. The van der Waals surface area contributed by atoms with Crippen molar-refractivity contribution in [3.05, 3.63) is 94.9 Å². The number of ketones is 2. The molecule has 0 saturated heterocycles. The van der Waals surface area contributed by atoms with Crippen molar-refractivity contribution in [2.45, 2.75) is 20.4 Å². The van der Waals surface area contributed by atoms with Gasteiger partial charge in [0.2, 0.25) is 5.78 Å². The van der Waals surface area contributed by atoms with Gasteiger partial charge in [-0.1, -0.05) is 30.3 Å². The van der Waals surface area contributed by atoms with E-state index in [2.05, 4.69) is 11.5 Å². The minimum atomic E-state index is -0.176. The Hall–Kier alpha value is -4.32. The van der Waals surface area contributed by atoms with Crippen molar-refractivity contribution in [3.8, 4) is 17.2 Å². The van der Waals surface area contributed by atoms with Gasteiger partial charge >= 0.3 is 0 Å². The second-order valence-corrected chi connectivity index (χ2v) is 8.38. The number of rotatable bonds is 7. The summed E-state index contributed by atoms with van der Waals surface area (Å²) in [6.07, 6.45) is 3.78. The van der Waals surface area contributed by atoms with E-state index in [0.29, 0.717) is 22.6 Å². The van der Waals surface area contributed by atoms with Crippen molar-refractivity contribution in [2.24, 2.45) is 0 Å². The molecule has 176 valence electrons. The van der Waals surface area contributed by atoms with E-state index in [1.54, 1.807) is 37.5 Å². The number of carbonyl (C=O) groups is 2. The predicted octanol–water partition coefficient (Wildman–Crippen LogP) is 5.86. The smallest absolute Gasteiger partial charge is 0.232 e. The van der Waals surface area contributed by atoms with Gasteiger partial charge in [-0.3, -0.25) is 9.59 Å². The average Bonchev–Trinajstić information content (AvgIpc) is 3.39. The minimum Gasteiger partial charge on any atom is -0.497 e. The van der Waals surface area contributed by atoms with Crippen molar-refractivity contribution in [3.63, 3.8) is 0 Å². The van der Waals surface area contributed by atoms with E-state index in [9.17, 15) is 9.59 Å². The number of nitrogens with zero attached hydrogens (tertiary/aromatic N) is 1. The minimum absolute atomic E-state index is 0.1000. The van der Waals surface area contributed by atoms with Crippen LogP contribution in [0.25, 0.3) is 17.0 Å². The van der Waals surface area contributed by atoms with Crippen LogP contribution in [0.2, 0.25) is 0 Å². The first-order chi connectivity index (χ1) is 17.0. The van der Waals surface area contributed by atoms with Crippen LogP contribution in [0.1, 0.15) is 38.8 Å². The van der Waals surface area contributed by atoms with Gasteiger partial charge in [-0.15, -0.1) is 0 Å². The van der Waals surface area contributed by atoms with E-state index >= 15 is 0 Å². The number of benzene rings is 3. The third-order valence-electron chi connectivity index (χ3n) is 6.16. The van der Waals surface area contributed by atoms with E-state index in [1.165, 1.54) is 0 Å². The molecule has 0 fully saturated rings. The molecule has 6 nitrogen and oxygen atoms in total. The van der Waals surface area contributed by atoms with Gasteiger partial charge in [-0.25, -0.2) is 0 Å². The maximum Gasteiger partial charge on any atom is 0.232 e. The highest BCUT2D eigenvalue weighted by Gasteiger charge is 2.30. The Balaban J connectivity index is 1.42. The molecule has 0 saturated carbocycles. The van der Waals surface area contributed by atoms with E-state index in [1.807, 2.05) is 49.5 Å². The SMILES string of the molecule is CCn1cc(/C=C2\Oc3cc(OCC(=O)c4ccccc4)cc(C)c3C2=O)c2cc(OC)ccc21. The molecule has 6 heteroatoms. The fourth-order valence-electron chi connectivity index (χ4n) is 4.37. The molecule has 1 aliphatic heterocycles. The van der Waals surface area contributed by atoms with Crippen LogP contribution in [-0.2, 0) is 6.54 Å². The number of aromatic nitrogens is 1. The summed E-state index contributed by atoms with van der Waals surface area (Å²) in [5.74, 6) is 1.61. The lowest BCUT2D eigenvalue weighted by Gasteiger charge is -2.08. The van der Waals surface area contributed by atoms with E-state index in [-0.39, 0.29) is 23.9 Å². The zero-order valence-electron chi connectivity index (χ0n) is 19.8. The molecule has 0 spiro atoms. The van der Waals surface area contributed by atoms with Crippen molar-refractivity contribution in [2.75, 3.05) is 13.7 Å². The van der Waals surface area contributed by atoms with Gasteiger partial charge in [-0.05, 0) is 49.8 Å². The van der Waals surface area contributed by atoms with E-state index < -0.39 is 0 Å². The first-order valence-electron chi connectivity index (χ1n) is 11.4. The van der Waals surface area contributed by atoms with Crippen molar-refractivity contribution in [1.29, 1.82) is 0 Å². The summed E-state index contributed by atoms with van der Waals surface area (Å²) in [5, 5.41) is 0.978. The van der Waals surface area contributed by atoms with Gasteiger partial charge in [0.25, 0.3) is 0 Å². The van der Waals surface area contributed by atoms with Crippen LogP contribution in [0.3, 0.4) is 0 Å². The number of allylic oxidation sites excluding steroid dienone is 1. The predicted molar refractivity (Wildman–Crippen MR) is 135 cm³/mol. The number of hydrogen-bond acceptors (Lipinski definition) is 5. The Morgan fingerprint density at radius 1 is 1.06 bits per heavy atom. The largest absolute Gasteiger partial charge is 0.497 e. The maximum atomic E-state index is 13.2. The number of carbonyl (C=O) groups excluding carboxylic acids is 2. The summed E-state index contributed by atoms with van der Waals surface area (Å²) in [4.78, 5) is 25.6. The zero-order valence-corrected chi connectivity index (χ0v) is 19.8. The third-order valence-corrected chi connectivity index (χ3v) is 6.16. The summed E-state index contributed by atoms with van der Waals surface area (Å²) in [7, 11) is 1.63. The molecule has 1 aromatic heterocycles. The highest BCUT2D eigenvalue weighted by molar-refractivity contribution is 6.16. The molecular formula is C29H25NO5. The van der Waals surface area contributed by atoms with Crippen LogP contribution in [0, 0.1) is 6.92 Å². The molecule has 0 radical (unpaired) electrons. The topological polar surface area (TPSA) is 66.8 Å². The molecule has 0 unspecified atom stereocenters. The first kappa shape index (κ1) is 22.5. The molecule has 0 N–H and O–H groups in total. The van der Waals surface area contributed by atoms with Crippen LogP contribution in [0.4, 0.5) is 0 Å². The molecule has 0 amide bonds. The number of aryl methyl sites for hydroxylation is 2. The summed E-state index contributed by atoms with van der Waals surface area (Å²) < 4.78 is 19.2. The van der Waals surface area contributed by atoms with Gasteiger partial charge in [0.1, 0.15) is 17.2 Å². The lowest BCUT2D eigenvalue weighted by molar-refractivity contribution is 0.0920. The molecule has 0 bridgehead atoms. The lowest BCUT2D eigenvalue weighted by Crippen LogP contribution is -2.11. The van der Waals surface area contributed by atoms with Gasteiger partial charge in [0.05, 0.1) is 12.7 Å². The van der Waals surface area contributed by atoms with Crippen LogP contribution < -0.4 is 14.2 Å². The second kappa shape index (κ2) is 9.14. The van der Waals surface area contributed by atoms with Gasteiger partial charge in [-0.2, -0.15) is 0 Å². The zero-order chi connectivity index (χ0) is 24.5. The standard InChI is InChI=1S/C29H25NO5/c1-4-30-16-20(23-14-21(33-3)10-11-24(23)30)13-27-29(32)28-18(2)12-22(15-26(28)35-27)34-17-25(31)19-8-6-5-7-9-19/h5-16H,4,17H2,1-3H3/b27-13-. The highest BCUT2D eigenvalue weighted by Crippen LogP contribution is 2.38. The number of hydrogen-bond donors (Lipinski definition) is 0. The quantitative estimate of drug-likeness (QED) is 0.252. The first-order valence-corrected chi connectivity index (χ1v) is 11.4. The highest BCUT2D eigenvalue weighted by atomic mass is 16.5. The van der Waals surface area contributed by atoms with Crippen LogP contribution >= 0.6 is 0 Å². The number of Topliss-reactive ketones (excluding diaryl/α,β-unsaturated/α-hetero) is 2. The normalized spacial score (nSPS) is 13.7. The Kier molecular flexibility index (Phi) is 5.87. The molecule has 4 aromatic rings. The molecule has 5 rings (SSSR count). The molecular weight excluding hydrogens is 442 g/mol. The summed E-state index contributed by atoms with van der Waals surface area (Å²) >= 11 is 0. The Morgan fingerprint density at radius 3 is 2.60 bits per heavy atom. The Labute approximate surface area is 203 Å². The number of fused-ring (bicyclic) bond motifs is 2. The summed E-state index contributed by atoms with van der Waals surface area (Å²) in [6.45, 7) is 4.60. The number of ether oxygens (including phenoxy) is 3. The van der Waals surface area contributed by atoms with Gasteiger partial charge in [0, 0.05) is 40.8 Å². The fraction of sp³-hybridized carbons (Fsp3) is 0.172. The van der Waals surface area contributed by atoms with E-state index in [0.717, 1.165) is 34.3 Å². The monoisotopic (exact) mass is 467 g/mol. The molecule has 3 aromatic carbocycles. The van der Waals surface area contributed by atoms with Crippen LogP contribution in [0.5, 0.6) is 17.2 Å². The summed E-state index contributed by atoms with van der Waals surface area (Å²) in [6, 6.07) is 18.3. The van der Waals surface area contributed by atoms with Crippen molar-refractivity contribution < 1.29 is 23.8 Å². The fourth-order valence-corrected chi connectivity index (χ4v) is 4.37. The van der Waals surface area contributed by atoms with E-state index in [4.69, 9.17) is 14.2 Å². The molecule has 0 aliphatic carbocycles. The molecule has 35 heavy (non-hydrogen) atoms. The maximum absolute atomic E-state index is 13.2. The second-order valence-electron chi connectivity index (χ2n) is 8.38. The molecule has 2 heterocycles. The number of methoxy groups -OCH3 is 1. The van der Waals surface area contributed by atoms with Crippen molar-refractivity contribution >= 4 is 28.5 Å². The Bertz CT molecular complexity index is 1480. The molecule has 1 aliphatic rings. The molecule has 0 atom stereocenters. The van der Waals surface area contributed by atoms with Gasteiger partial charge < -0.3 is 18.8 Å². The average molecular weight is 468 g/mol. The van der Waals surface area contributed by atoms with Crippen LogP contribution in [-0.4, -0.2) is 29.9 Å². The summed E-state index contributed by atoms with van der Waals surface area (Å²) in [5.41, 5.74) is 3.76. The van der Waals surface area contributed by atoms with Gasteiger partial charge in [0.15, 0.2) is 18.1 Å².